The number of carbonyl (C=O) groups is 1. The largest absolute Gasteiger partial charge is 0.339 e. The van der Waals surface area contributed by atoms with Gasteiger partial charge in [-0.1, -0.05) is 33.2 Å². The zero-order chi connectivity index (χ0) is 18.6. The second-order valence-electron chi connectivity index (χ2n) is 5.62. The minimum absolute atomic E-state index is 0.138. The van der Waals surface area contributed by atoms with E-state index in [4.69, 9.17) is 4.52 Å². The number of thiophene rings is 1. The number of thiazole rings is 1. The van der Waals surface area contributed by atoms with Gasteiger partial charge in [0, 0.05) is 39.2 Å². The highest BCUT2D eigenvalue weighted by Crippen LogP contribution is 2.27. The third kappa shape index (κ3) is 4.49. The molecule has 0 spiro atoms. The molecule has 0 atom stereocenters. The van der Waals surface area contributed by atoms with Gasteiger partial charge in [0.15, 0.2) is 5.13 Å². The van der Waals surface area contributed by atoms with Crippen molar-refractivity contribution in [3.8, 4) is 22.6 Å². The average Bonchev–Trinajstić information content (AvgIpc) is 3.41. The molecule has 0 unspecified atom stereocenters. The number of carbonyl (C=O) groups excluding carboxylic acids is 1. The zero-order valence-electron chi connectivity index (χ0n) is 13.9. The summed E-state index contributed by atoms with van der Waals surface area (Å²) >= 11 is 6.41. The third-order valence-electron chi connectivity index (χ3n) is 3.68. The Morgan fingerprint density at radius 1 is 1.19 bits per heavy atom. The predicted molar refractivity (Wildman–Crippen MR) is 110 cm³/mol. The Balaban J connectivity index is 1.33. The van der Waals surface area contributed by atoms with E-state index in [2.05, 4.69) is 36.4 Å². The van der Waals surface area contributed by atoms with Gasteiger partial charge in [-0.05, 0) is 23.6 Å². The number of aryl methyl sites for hydroxylation is 1. The summed E-state index contributed by atoms with van der Waals surface area (Å²) in [5, 5.41) is 13.2. The summed E-state index contributed by atoms with van der Waals surface area (Å²) in [4.78, 5) is 21.0. The molecule has 0 aliphatic carbocycles. The predicted octanol–water partition coefficient (Wildman–Crippen LogP) is 5.26. The van der Waals surface area contributed by atoms with Crippen LogP contribution >= 0.6 is 38.6 Å². The lowest BCUT2D eigenvalue weighted by Gasteiger charge is -2.00. The Hall–Kier alpha value is -2.36. The van der Waals surface area contributed by atoms with Crippen LogP contribution in [0.2, 0.25) is 0 Å². The van der Waals surface area contributed by atoms with Crippen LogP contribution in [0.1, 0.15) is 12.3 Å². The van der Waals surface area contributed by atoms with Gasteiger partial charge in [-0.3, -0.25) is 4.79 Å². The van der Waals surface area contributed by atoms with Crippen molar-refractivity contribution in [2.24, 2.45) is 0 Å². The van der Waals surface area contributed by atoms with Gasteiger partial charge >= 0.3 is 0 Å². The number of anilines is 1. The van der Waals surface area contributed by atoms with Crippen LogP contribution in [0.15, 0.2) is 55.5 Å². The maximum atomic E-state index is 12.2. The fraction of sp³-hybridized carbons (Fsp3) is 0.111. The molecule has 0 aliphatic rings. The fourth-order valence-electron chi connectivity index (χ4n) is 2.38. The molecule has 0 saturated carbocycles. The summed E-state index contributed by atoms with van der Waals surface area (Å²) in [6, 6.07) is 9.80. The summed E-state index contributed by atoms with van der Waals surface area (Å²) in [7, 11) is 0. The number of hydrogen-bond acceptors (Lipinski definition) is 7. The Morgan fingerprint density at radius 3 is 2.93 bits per heavy atom. The number of nitrogens with one attached hydrogen (secondary N) is 1. The van der Waals surface area contributed by atoms with Crippen LogP contribution in [-0.4, -0.2) is 21.0 Å². The monoisotopic (exact) mass is 460 g/mol. The summed E-state index contributed by atoms with van der Waals surface area (Å²) in [5.74, 6) is 0.853. The molecule has 6 nitrogen and oxygen atoms in total. The van der Waals surface area contributed by atoms with E-state index in [1.54, 1.807) is 11.3 Å². The van der Waals surface area contributed by atoms with Gasteiger partial charge in [-0.15, -0.1) is 11.3 Å². The number of aromatic nitrogens is 3. The first-order valence-electron chi connectivity index (χ1n) is 8.04. The number of rotatable bonds is 6. The van der Waals surface area contributed by atoms with Crippen molar-refractivity contribution in [2.75, 3.05) is 5.32 Å². The van der Waals surface area contributed by atoms with Crippen LogP contribution < -0.4 is 5.32 Å². The second kappa shape index (κ2) is 8.12. The van der Waals surface area contributed by atoms with Crippen LogP contribution in [0.4, 0.5) is 5.13 Å². The van der Waals surface area contributed by atoms with Crippen LogP contribution in [0, 0.1) is 0 Å². The molecule has 0 bridgehead atoms. The molecule has 0 saturated heterocycles. The van der Waals surface area contributed by atoms with Crippen molar-refractivity contribution in [2.45, 2.75) is 12.8 Å². The van der Waals surface area contributed by atoms with Crippen molar-refractivity contribution in [1.29, 1.82) is 0 Å². The van der Waals surface area contributed by atoms with Crippen LogP contribution in [-0.2, 0) is 11.2 Å². The summed E-state index contributed by atoms with van der Waals surface area (Å²) in [6.07, 6.45) is 0.629. The molecule has 4 rings (SSSR count). The van der Waals surface area contributed by atoms with Gasteiger partial charge in [-0.2, -0.15) is 16.3 Å². The first-order valence-corrected chi connectivity index (χ1v) is 10.7. The quantitative estimate of drug-likeness (QED) is 0.424. The number of amides is 1. The molecule has 1 aromatic carbocycles. The molecular formula is C18H13BrN4O2S2. The first-order chi connectivity index (χ1) is 13.2. The van der Waals surface area contributed by atoms with Gasteiger partial charge < -0.3 is 9.84 Å². The van der Waals surface area contributed by atoms with Gasteiger partial charge in [-0.25, -0.2) is 4.98 Å². The normalized spacial score (nSPS) is 10.9. The minimum atomic E-state index is -0.138. The second-order valence-corrected chi connectivity index (χ2v) is 8.17. The van der Waals surface area contributed by atoms with Crippen molar-refractivity contribution in [3.05, 3.63) is 56.8 Å². The molecule has 1 amide bonds. The van der Waals surface area contributed by atoms with Gasteiger partial charge in [0.1, 0.15) is 0 Å². The topological polar surface area (TPSA) is 80.9 Å². The van der Waals surface area contributed by atoms with E-state index in [1.165, 1.54) is 11.3 Å². The van der Waals surface area contributed by atoms with Crippen molar-refractivity contribution in [1.82, 2.24) is 15.1 Å². The summed E-state index contributed by atoms with van der Waals surface area (Å²) in [6.45, 7) is 0. The van der Waals surface area contributed by atoms with Crippen LogP contribution in [0.3, 0.4) is 0 Å². The van der Waals surface area contributed by atoms with Crippen LogP contribution in [0.25, 0.3) is 22.6 Å². The average molecular weight is 461 g/mol. The van der Waals surface area contributed by atoms with E-state index in [0.29, 0.717) is 23.3 Å². The fourth-order valence-corrected chi connectivity index (χ4v) is 4.15. The van der Waals surface area contributed by atoms with E-state index < -0.39 is 0 Å². The molecule has 0 aliphatic heterocycles. The molecule has 1 N–H and O–H groups in total. The molecule has 136 valence electrons. The van der Waals surface area contributed by atoms with Gasteiger partial charge in [0.05, 0.1) is 5.69 Å². The summed E-state index contributed by atoms with van der Waals surface area (Å²) in [5.41, 5.74) is 2.74. The Kier molecular flexibility index (Phi) is 5.42. The van der Waals surface area contributed by atoms with Crippen molar-refractivity contribution >= 4 is 49.6 Å². The van der Waals surface area contributed by atoms with E-state index in [-0.39, 0.29) is 12.3 Å². The Labute approximate surface area is 171 Å². The number of hydrogen-bond donors (Lipinski definition) is 1. The molecule has 0 fully saturated rings. The zero-order valence-corrected chi connectivity index (χ0v) is 17.1. The molecule has 3 aromatic heterocycles. The highest BCUT2D eigenvalue weighted by Gasteiger charge is 2.12. The number of nitrogens with zero attached hydrogens (tertiary/aromatic N) is 3. The molecule has 9 heteroatoms. The molecule has 0 radical (unpaired) electrons. The number of benzene rings is 1. The molecule has 4 aromatic rings. The highest BCUT2D eigenvalue weighted by molar-refractivity contribution is 9.10. The van der Waals surface area contributed by atoms with E-state index >= 15 is 0 Å². The lowest BCUT2D eigenvalue weighted by molar-refractivity contribution is -0.116. The maximum absolute atomic E-state index is 12.2. The summed E-state index contributed by atoms with van der Waals surface area (Å²) < 4.78 is 6.19. The minimum Gasteiger partial charge on any atom is -0.339 e. The van der Waals surface area contributed by atoms with E-state index in [9.17, 15) is 4.79 Å². The molecule has 27 heavy (non-hydrogen) atoms. The lowest BCUT2D eigenvalue weighted by atomic mass is 10.2. The molecule has 3 heterocycles. The number of halogens is 1. The maximum Gasteiger partial charge on any atom is 0.227 e. The third-order valence-corrected chi connectivity index (χ3v) is 5.62. The Morgan fingerprint density at radius 2 is 2.11 bits per heavy atom. The van der Waals surface area contributed by atoms with Crippen molar-refractivity contribution < 1.29 is 9.32 Å². The lowest BCUT2D eigenvalue weighted by Crippen LogP contribution is -2.12. The van der Waals surface area contributed by atoms with Gasteiger partial charge in [0.2, 0.25) is 17.6 Å². The Bertz CT molecular complexity index is 1060. The van der Waals surface area contributed by atoms with Gasteiger partial charge in [0.25, 0.3) is 0 Å². The SMILES string of the molecule is O=C(CCc1nc(-c2ccsc2)no1)Nc1nc(-c2cccc(Br)c2)cs1. The first kappa shape index (κ1) is 18.0. The van der Waals surface area contributed by atoms with E-state index in [1.807, 2.05) is 46.5 Å². The van der Waals surface area contributed by atoms with Crippen LogP contribution in [0.5, 0.6) is 0 Å². The standard InChI is InChI=1S/C18H13BrN4O2S2/c19-13-3-1-2-11(8-13)14-10-27-18(20-14)21-15(24)4-5-16-22-17(23-25-16)12-6-7-26-9-12/h1-3,6-10H,4-5H2,(H,20,21,24). The highest BCUT2D eigenvalue weighted by atomic mass is 79.9. The smallest absolute Gasteiger partial charge is 0.227 e. The van der Waals surface area contributed by atoms with E-state index in [0.717, 1.165) is 21.3 Å². The van der Waals surface area contributed by atoms with Crippen molar-refractivity contribution in [3.63, 3.8) is 0 Å². The molecular weight excluding hydrogens is 448 g/mol.